The molecule has 0 radical (unpaired) electrons. The molecule has 1 aromatic carbocycles. The van der Waals surface area contributed by atoms with E-state index in [9.17, 15) is 21.6 Å². The van der Waals surface area contributed by atoms with Gasteiger partial charge in [-0.05, 0) is 12.1 Å². The van der Waals surface area contributed by atoms with Crippen LogP contribution >= 0.6 is 11.3 Å². The van der Waals surface area contributed by atoms with Crippen molar-refractivity contribution in [1.82, 2.24) is 0 Å². The molecule has 0 unspecified atom stereocenters. The van der Waals surface area contributed by atoms with Crippen LogP contribution in [0.15, 0.2) is 28.5 Å². The average Bonchev–Trinajstić information content (AvgIpc) is 2.85. The molecule has 0 saturated carbocycles. The van der Waals surface area contributed by atoms with E-state index in [1.54, 1.807) is 0 Å². The number of benzene rings is 1. The van der Waals surface area contributed by atoms with Crippen molar-refractivity contribution in [1.29, 1.82) is 0 Å². The first-order valence-corrected chi connectivity index (χ1v) is 7.50. The number of rotatable bonds is 4. The molecule has 0 saturated heterocycles. The first-order valence-electron chi connectivity index (χ1n) is 5.20. The zero-order chi connectivity index (χ0) is 14.9. The maximum absolute atomic E-state index is 13.4. The molecule has 0 bridgehead atoms. The van der Waals surface area contributed by atoms with Crippen LogP contribution in [0.4, 0.5) is 18.9 Å². The second-order valence-electron chi connectivity index (χ2n) is 3.73. The van der Waals surface area contributed by atoms with Gasteiger partial charge in [0, 0.05) is 17.0 Å². The van der Waals surface area contributed by atoms with Gasteiger partial charge < -0.3 is 5.11 Å². The fourth-order valence-electron chi connectivity index (χ4n) is 1.38. The standard InChI is InChI=1S/C11H8F3NO3S2/c12-7-3-9(14)10(4-8(7)13)15-20(17,18)11-2-1-6(5-16)19-11/h1-4,15-16H,5H2. The Morgan fingerprint density at radius 2 is 1.75 bits per heavy atom. The highest BCUT2D eigenvalue weighted by Crippen LogP contribution is 2.26. The highest BCUT2D eigenvalue weighted by atomic mass is 32.2. The normalized spacial score (nSPS) is 11.6. The summed E-state index contributed by atoms with van der Waals surface area (Å²) in [5, 5.41) is 8.86. The van der Waals surface area contributed by atoms with Gasteiger partial charge in [0.1, 0.15) is 10.0 Å². The third kappa shape index (κ3) is 2.94. The molecule has 0 atom stereocenters. The monoisotopic (exact) mass is 323 g/mol. The Hall–Kier alpha value is -1.58. The summed E-state index contributed by atoms with van der Waals surface area (Å²) in [6.45, 7) is -0.334. The maximum Gasteiger partial charge on any atom is 0.271 e. The maximum atomic E-state index is 13.4. The molecule has 2 aromatic rings. The van der Waals surface area contributed by atoms with Crippen molar-refractivity contribution in [2.45, 2.75) is 10.8 Å². The van der Waals surface area contributed by atoms with E-state index < -0.39 is 33.2 Å². The molecule has 0 fully saturated rings. The van der Waals surface area contributed by atoms with Gasteiger partial charge in [0.25, 0.3) is 10.0 Å². The van der Waals surface area contributed by atoms with E-state index in [0.29, 0.717) is 10.9 Å². The molecule has 0 spiro atoms. The minimum absolute atomic E-state index is 0.175. The van der Waals surface area contributed by atoms with Gasteiger partial charge in [0.05, 0.1) is 12.3 Å². The van der Waals surface area contributed by atoms with E-state index in [4.69, 9.17) is 5.11 Å². The van der Waals surface area contributed by atoms with Gasteiger partial charge in [0.2, 0.25) is 0 Å². The van der Waals surface area contributed by atoms with Crippen molar-refractivity contribution >= 4 is 27.0 Å². The third-order valence-corrected chi connectivity index (χ3v) is 5.24. The van der Waals surface area contributed by atoms with Crippen molar-refractivity contribution in [3.8, 4) is 0 Å². The van der Waals surface area contributed by atoms with Crippen LogP contribution in [0.5, 0.6) is 0 Å². The van der Waals surface area contributed by atoms with Crippen LogP contribution in [-0.2, 0) is 16.6 Å². The molecule has 1 aromatic heterocycles. The summed E-state index contributed by atoms with van der Waals surface area (Å²) in [6, 6.07) is 3.28. The second kappa shape index (κ2) is 5.43. The molecule has 2 N–H and O–H groups in total. The molecular formula is C11H8F3NO3S2. The van der Waals surface area contributed by atoms with E-state index in [-0.39, 0.29) is 16.9 Å². The predicted octanol–water partition coefficient (Wildman–Crippen LogP) is 2.46. The third-order valence-electron chi connectivity index (χ3n) is 2.31. The van der Waals surface area contributed by atoms with E-state index in [1.807, 2.05) is 4.72 Å². The summed E-state index contributed by atoms with van der Waals surface area (Å²) in [7, 11) is -4.13. The fraction of sp³-hybridized carbons (Fsp3) is 0.0909. The van der Waals surface area contributed by atoms with Crippen LogP contribution in [-0.4, -0.2) is 13.5 Å². The molecule has 9 heteroatoms. The van der Waals surface area contributed by atoms with Gasteiger partial charge in [0.15, 0.2) is 11.6 Å². The zero-order valence-corrected chi connectivity index (χ0v) is 11.4. The van der Waals surface area contributed by atoms with Gasteiger partial charge in [-0.15, -0.1) is 11.3 Å². The number of anilines is 1. The molecule has 0 aliphatic carbocycles. The highest BCUT2D eigenvalue weighted by Gasteiger charge is 2.20. The molecule has 0 amide bonds. The number of halogens is 3. The minimum Gasteiger partial charge on any atom is -0.391 e. The Balaban J connectivity index is 2.35. The Morgan fingerprint density at radius 1 is 1.10 bits per heavy atom. The van der Waals surface area contributed by atoms with Crippen molar-refractivity contribution in [2.24, 2.45) is 0 Å². The van der Waals surface area contributed by atoms with Crippen molar-refractivity contribution in [3.63, 3.8) is 0 Å². The summed E-state index contributed by atoms with van der Waals surface area (Å²) in [5.74, 6) is -4.01. The van der Waals surface area contributed by atoms with Crippen molar-refractivity contribution in [2.75, 3.05) is 4.72 Å². The van der Waals surface area contributed by atoms with Gasteiger partial charge in [-0.25, -0.2) is 21.6 Å². The van der Waals surface area contributed by atoms with Crippen LogP contribution in [0.3, 0.4) is 0 Å². The Labute approximate surface area is 116 Å². The minimum atomic E-state index is -4.13. The van der Waals surface area contributed by atoms with Gasteiger partial charge in [-0.3, -0.25) is 4.72 Å². The van der Waals surface area contributed by atoms with Crippen LogP contribution in [0.1, 0.15) is 4.88 Å². The Bertz CT molecular complexity index is 743. The van der Waals surface area contributed by atoms with E-state index in [1.165, 1.54) is 12.1 Å². The number of nitrogens with one attached hydrogen (secondary N) is 1. The second-order valence-corrected chi connectivity index (χ2v) is 6.81. The SMILES string of the molecule is O=S(=O)(Nc1cc(F)c(F)cc1F)c1ccc(CO)s1. The van der Waals surface area contributed by atoms with E-state index in [0.717, 1.165) is 11.3 Å². The molecule has 1 heterocycles. The van der Waals surface area contributed by atoms with Crippen molar-refractivity contribution < 1.29 is 26.7 Å². The van der Waals surface area contributed by atoms with Crippen LogP contribution in [0.25, 0.3) is 0 Å². The summed E-state index contributed by atoms with van der Waals surface area (Å²) < 4.78 is 64.6. The summed E-state index contributed by atoms with van der Waals surface area (Å²) in [6.07, 6.45) is 0. The first kappa shape index (κ1) is 14.8. The molecule has 0 aliphatic rings. The largest absolute Gasteiger partial charge is 0.391 e. The number of hydrogen-bond donors (Lipinski definition) is 2. The number of sulfonamides is 1. The smallest absolute Gasteiger partial charge is 0.271 e. The molecular weight excluding hydrogens is 315 g/mol. The first-order chi connectivity index (χ1) is 9.33. The molecule has 108 valence electrons. The average molecular weight is 323 g/mol. The zero-order valence-electron chi connectivity index (χ0n) is 9.73. The van der Waals surface area contributed by atoms with Crippen LogP contribution in [0.2, 0.25) is 0 Å². The van der Waals surface area contributed by atoms with Gasteiger partial charge >= 0.3 is 0 Å². The lowest BCUT2D eigenvalue weighted by Crippen LogP contribution is -2.13. The lowest BCUT2D eigenvalue weighted by Gasteiger charge is -2.07. The Kier molecular flexibility index (Phi) is 4.02. The molecule has 4 nitrogen and oxygen atoms in total. The summed E-state index contributed by atoms with van der Waals surface area (Å²) in [4.78, 5) is 0.399. The molecule has 2 rings (SSSR count). The summed E-state index contributed by atoms with van der Waals surface area (Å²) in [5.41, 5.74) is -0.692. The number of aliphatic hydroxyl groups is 1. The van der Waals surface area contributed by atoms with Crippen LogP contribution in [0, 0.1) is 17.5 Å². The summed E-state index contributed by atoms with van der Waals surface area (Å²) >= 11 is 0.782. The van der Waals surface area contributed by atoms with E-state index in [2.05, 4.69) is 0 Å². The highest BCUT2D eigenvalue weighted by molar-refractivity contribution is 7.94. The topological polar surface area (TPSA) is 66.4 Å². The molecule has 20 heavy (non-hydrogen) atoms. The fourth-order valence-corrected chi connectivity index (χ4v) is 3.66. The van der Waals surface area contributed by atoms with Gasteiger partial charge in [-0.1, -0.05) is 0 Å². The van der Waals surface area contributed by atoms with Crippen molar-refractivity contribution in [3.05, 3.63) is 46.6 Å². The lowest BCUT2D eigenvalue weighted by atomic mass is 10.3. The quantitative estimate of drug-likeness (QED) is 0.850. The number of aliphatic hydroxyl groups excluding tert-OH is 1. The number of hydrogen-bond acceptors (Lipinski definition) is 4. The van der Waals surface area contributed by atoms with Gasteiger partial charge in [-0.2, -0.15) is 0 Å². The van der Waals surface area contributed by atoms with Crippen LogP contribution < -0.4 is 4.72 Å². The Morgan fingerprint density at radius 3 is 2.35 bits per heavy atom. The predicted molar refractivity (Wildman–Crippen MR) is 67.4 cm³/mol. The van der Waals surface area contributed by atoms with E-state index >= 15 is 0 Å². The lowest BCUT2D eigenvalue weighted by molar-refractivity contribution is 0.285. The number of thiophene rings is 1. The molecule has 0 aliphatic heterocycles.